The Hall–Kier alpha value is -1.10. The molecule has 0 radical (unpaired) electrons. The second-order valence-corrected chi connectivity index (χ2v) is 3.34. The molecule has 5 heteroatoms. The van der Waals surface area contributed by atoms with Gasteiger partial charge in [-0.2, -0.15) is 0 Å². The second kappa shape index (κ2) is 4.23. The number of nitrogens with zero attached hydrogens (tertiary/aromatic N) is 1. The van der Waals surface area contributed by atoms with Crippen molar-refractivity contribution in [2.45, 2.75) is 6.54 Å². The summed E-state index contributed by atoms with van der Waals surface area (Å²) >= 11 is 3.07. The first-order valence-corrected chi connectivity index (χ1v) is 4.38. The van der Waals surface area contributed by atoms with Gasteiger partial charge in [0, 0.05) is 0 Å². The van der Waals surface area contributed by atoms with E-state index >= 15 is 0 Å². The molecule has 0 saturated carbocycles. The summed E-state index contributed by atoms with van der Waals surface area (Å²) in [5.74, 6) is -0.270. The Bertz CT molecular complexity index is 334. The van der Waals surface area contributed by atoms with Crippen molar-refractivity contribution in [3.8, 4) is 0 Å². The molecule has 70 valence electrons. The maximum absolute atomic E-state index is 12.8. The van der Waals surface area contributed by atoms with Gasteiger partial charge in [0.1, 0.15) is 5.82 Å². The molecule has 0 aromatic heterocycles. The van der Waals surface area contributed by atoms with Crippen LogP contribution < -0.4 is 11.5 Å². The fourth-order valence-electron chi connectivity index (χ4n) is 0.821. The fourth-order valence-corrected chi connectivity index (χ4v) is 1.25. The lowest BCUT2D eigenvalue weighted by molar-refractivity contribution is 0.620. The predicted molar refractivity (Wildman–Crippen MR) is 53.6 cm³/mol. The van der Waals surface area contributed by atoms with E-state index < -0.39 is 0 Å². The third-order valence-corrected chi connectivity index (χ3v) is 2.04. The molecule has 3 nitrogen and oxygen atoms in total. The molecule has 0 atom stereocenters. The fraction of sp³-hybridized carbons (Fsp3) is 0.125. The van der Waals surface area contributed by atoms with Crippen LogP contribution in [-0.4, -0.2) is 5.96 Å². The molecule has 0 aliphatic heterocycles. The third kappa shape index (κ3) is 3.02. The van der Waals surface area contributed by atoms with E-state index in [0.717, 1.165) is 5.56 Å². The highest BCUT2D eigenvalue weighted by Crippen LogP contribution is 2.17. The molecule has 0 fully saturated rings. The van der Waals surface area contributed by atoms with Gasteiger partial charge in [0.2, 0.25) is 0 Å². The summed E-state index contributed by atoms with van der Waals surface area (Å²) in [6, 6.07) is 4.63. The maximum atomic E-state index is 12.8. The normalized spacial score (nSPS) is 9.69. The van der Waals surface area contributed by atoms with Crippen molar-refractivity contribution in [2.24, 2.45) is 16.5 Å². The summed E-state index contributed by atoms with van der Waals surface area (Å²) in [7, 11) is 0. The van der Waals surface area contributed by atoms with Crippen LogP contribution in [0.15, 0.2) is 27.7 Å². The number of aliphatic imine (C=N–C) groups is 1. The molecule has 0 spiro atoms. The van der Waals surface area contributed by atoms with Crippen LogP contribution in [0.2, 0.25) is 0 Å². The van der Waals surface area contributed by atoms with E-state index in [-0.39, 0.29) is 11.8 Å². The Balaban J connectivity index is 2.80. The molecule has 1 aromatic rings. The lowest BCUT2D eigenvalue weighted by Crippen LogP contribution is -2.22. The molecule has 1 aromatic carbocycles. The van der Waals surface area contributed by atoms with Gasteiger partial charge < -0.3 is 11.5 Å². The van der Waals surface area contributed by atoms with E-state index in [1.54, 1.807) is 12.1 Å². The van der Waals surface area contributed by atoms with Crippen molar-refractivity contribution in [3.05, 3.63) is 34.1 Å². The zero-order valence-corrected chi connectivity index (χ0v) is 8.38. The monoisotopic (exact) mass is 245 g/mol. The average molecular weight is 246 g/mol. The second-order valence-electron chi connectivity index (χ2n) is 2.49. The van der Waals surface area contributed by atoms with Crippen molar-refractivity contribution in [1.82, 2.24) is 0 Å². The summed E-state index contributed by atoms with van der Waals surface area (Å²) in [5, 5.41) is 0. The largest absolute Gasteiger partial charge is 0.370 e. The van der Waals surface area contributed by atoms with Gasteiger partial charge >= 0.3 is 0 Å². The topological polar surface area (TPSA) is 64.4 Å². The van der Waals surface area contributed by atoms with E-state index in [4.69, 9.17) is 11.5 Å². The smallest absolute Gasteiger partial charge is 0.186 e. The Kier molecular flexibility index (Phi) is 3.25. The van der Waals surface area contributed by atoms with Crippen LogP contribution in [0.25, 0.3) is 0 Å². The van der Waals surface area contributed by atoms with Crippen molar-refractivity contribution in [2.75, 3.05) is 0 Å². The molecule has 0 aliphatic carbocycles. The predicted octanol–water partition coefficient (Wildman–Crippen LogP) is 1.36. The SMILES string of the molecule is NC(N)=NCc1ccc(F)c(Br)c1. The number of rotatable bonds is 2. The number of halogens is 2. The first-order valence-electron chi connectivity index (χ1n) is 3.59. The molecule has 1 rings (SSSR count). The molecule has 0 unspecified atom stereocenters. The van der Waals surface area contributed by atoms with Crippen LogP contribution in [-0.2, 0) is 6.54 Å². The van der Waals surface area contributed by atoms with Crippen molar-refractivity contribution in [1.29, 1.82) is 0 Å². The van der Waals surface area contributed by atoms with E-state index in [2.05, 4.69) is 20.9 Å². The molecule has 13 heavy (non-hydrogen) atoms. The Morgan fingerprint density at radius 1 is 1.46 bits per heavy atom. The third-order valence-electron chi connectivity index (χ3n) is 1.43. The summed E-state index contributed by atoms with van der Waals surface area (Å²) in [5.41, 5.74) is 11.1. The zero-order valence-electron chi connectivity index (χ0n) is 6.80. The highest BCUT2D eigenvalue weighted by molar-refractivity contribution is 9.10. The van der Waals surface area contributed by atoms with E-state index in [0.29, 0.717) is 11.0 Å². The van der Waals surface area contributed by atoms with Gasteiger partial charge in [-0.25, -0.2) is 9.38 Å². The van der Waals surface area contributed by atoms with E-state index in [1.165, 1.54) is 6.07 Å². The van der Waals surface area contributed by atoms with Crippen LogP contribution in [0, 0.1) is 5.82 Å². The van der Waals surface area contributed by atoms with Crippen LogP contribution in [0.3, 0.4) is 0 Å². The number of hydrogen-bond donors (Lipinski definition) is 2. The molecular weight excluding hydrogens is 237 g/mol. The summed E-state index contributed by atoms with van der Waals surface area (Å²) < 4.78 is 13.2. The van der Waals surface area contributed by atoms with Gasteiger partial charge in [-0.1, -0.05) is 6.07 Å². The maximum Gasteiger partial charge on any atom is 0.186 e. The lowest BCUT2D eigenvalue weighted by Gasteiger charge is -1.99. The van der Waals surface area contributed by atoms with E-state index in [1.807, 2.05) is 0 Å². The van der Waals surface area contributed by atoms with Crippen LogP contribution >= 0.6 is 15.9 Å². The highest BCUT2D eigenvalue weighted by Gasteiger charge is 1.99. The van der Waals surface area contributed by atoms with Gasteiger partial charge in [0.05, 0.1) is 11.0 Å². The van der Waals surface area contributed by atoms with E-state index in [9.17, 15) is 4.39 Å². The summed E-state index contributed by atoms with van der Waals surface area (Å²) in [6.07, 6.45) is 0. The number of guanidine groups is 1. The van der Waals surface area contributed by atoms with Crippen LogP contribution in [0.4, 0.5) is 4.39 Å². The van der Waals surface area contributed by atoms with Crippen LogP contribution in [0.1, 0.15) is 5.56 Å². The van der Waals surface area contributed by atoms with Gasteiger partial charge in [-0.05, 0) is 33.6 Å². The van der Waals surface area contributed by atoms with Gasteiger partial charge in [-0.15, -0.1) is 0 Å². The molecule has 0 heterocycles. The molecule has 0 aliphatic rings. The quantitative estimate of drug-likeness (QED) is 0.611. The molecule has 0 saturated heterocycles. The summed E-state index contributed by atoms with van der Waals surface area (Å²) in [6.45, 7) is 0.362. The standard InChI is InChI=1S/C8H9BrFN3/c9-6-3-5(1-2-7(6)10)4-13-8(11)12/h1-3H,4H2,(H4,11,12,13). The molecule has 0 amide bonds. The Morgan fingerprint density at radius 3 is 2.69 bits per heavy atom. The van der Waals surface area contributed by atoms with Gasteiger partial charge in [0.15, 0.2) is 5.96 Å². The zero-order chi connectivity index (χ0) is 9.84. The molecule has 0 bridgehead atoms. The molecule has 4 N–H and O–H groups in total. The van der Waals surface area contributed by atoms with Crippen molar-refractivity contribution in [3.63, 3.8) is 0 Å². The van der Waals surface area contributed by atoms with Crippen molar-refractivity contribution < 1.29 is 4.39 Å². The van der Waals surface area contributed by atoms with Crippen molar-refractivity contribution >= 4 is 21.9 Å². The average Bonchev–Trinajstić information content (AvgIpc) is 2.07. The minimum atomic E-state index is -0.298. The van der Waals surface area contributed by atoms with Gasteiger partial charge in [-0.3, -0.25) is 0 Å². The minimum absolute atomic E-state index is 0.0282. The Morgan fingerprint density at radius 2 is 2.15 bits per heavy atom. The number of hydrogen-bond acceptors (Lipinski definition) is 1. The first-order chi connectivity index (χ1) is 6.09. The lowest BCUT2D eigenvalue weighted by atomic mass is 10.2. The van der Waals surface area contributed by atoms with Crippen LogP contribution in [0.5, 0.6) is 0 Å². The van der Waals surface area contributed by atoms with Gasteiger partial charge in [0.25, 0.3) is 0 Å². The first kappa shape index (κ1) is 9.98. The minimum Gasteiger partial charge on any atom is -0.370 e. The Labute approximate surface area is 83.8 Å². The number of benzene rings is 1. The highest BCUT2D eigenvalue weighted by atomic mass is 79.9. The molecular formula is C8H9BrFN3. The number of nitrogens with two attached hydrogens (primary N) is 2. The summed E-state index contributed by atoms with van der Waals surface area (Å²) in [4.78, 5) is 3.79.